The number of alkyl carbamates (subject to hydrolysis) is 1. The summed E-state index contributed by atoms with van der Waals surface area (Å²) in [4.78, 5) is 23.2. The topological polar surface area (TPSA) is 94.1 Å². The van der Waals surface area contributed by atoms with Crippen molar-refractivity contribution < 1.29 is 28.9 Å². The third kappa shape index (κ3) is 5.92. The minimum Gasteiger partial charge on any atom is -0.493 e. The first-order valence-electron chi connectivity index (χ1n) is 7.20. The SMILES string of the molecule is COc1cc(Br)c([C@@H](CC(=O)O)NC(=O)OC(C)(C)C)cc1OC. The summed E-state index contributed by atoms with van der Waals surface area (Å²) in [5, 5.41) is 11.7. The smallest absolute Gasteiger partial charge is 0.408 e. The second kappa shape index (κ2) is 8.23. The molecule has 0 fully saturated rings. The fourth-order valence-electron chi connectivity index (χ4n) is 2.00. The molecule has 0 saturated heterocycles. The van der Waals surface area contributed by atoms with Gasteiger partial charge in [-0.05, 0) is 38.5 Å². The third-order valence-electron chi connectivity index (χ3n) is 2.95. The van der Waals surface area contributed by atoms with Gasteiger partial charge in [0, 0.05) is 4.47 Å². The molecule has 0 aromatic heterocycles. The quantitative estimate of drug-likeness (QED) is 0.754. The molecule has 1 atom stereocenters. The van der Waals surface area contributed by atoms with Crippen molar-refractivity contribution in [3.63, 3.8) is 0 Å². The van der Waals surface area contributed by atoms with Gasteiger partial charge in [-0.1, -0.05) is 15.9 Å². The van der Waals surface area contributed by atoms with E-state index in [2.05, 4.69) is 21.2 Å². The van der Waals surface area contributed by atoms with E-state index in [-0.39, 0.29) is 6.42 Å². The van der Waals surface area contributed by atoms with E-state index in [1.54, 1.807) is 32.9 Å². The first-order valence-corrected chi connectivity index (χ1v) is 7.99. The molecule has 0 unspecified atom stereocenters. The van der Waals surface area contributed by atoms with Crippen molar-refractivity contribution in [1.82, 2.24) is 5.32 Å². The van der Waals surface area contributed by atoms with Crippen molar-refractivity contribution in [2.24, 2.45) is 0 Å². The number of ether oxygens (including phenoxy) is 3. The molecule has 0 bridgehead atoms. The van der Waals surface area contributed by atoms with Gasteiger partial charge in [0.15, 0.2) is 11.5 Å². The van der Waals surface area contributed by atoms with Crippen molar-refractivity contribution in [2.75, 3.05) is 14.2 Å². The molecule has 0 spiro atoms. The molecular weight excluding hydrogens is 382 g/mol. The Morgan fingerprint density at radius 3 is 2.21 bits per heavy atom. The summed E-state index contributed by atoms with van der Waals surface area (Å²) in [6.07, 6.45) is -1.01. The predicted octanol–water partition coefficient (Wildman–Crippen LogP) is 3.51. The molecule has 0 aliphatic rings. The van der Waals surface area contributed by atoms with Crippen LogP contribution in [0.1, 0.15) is 38.8 Å². The van der Waals surface area contributed by atoms with Crippen molar-refractivity contribution in [2.45, 2.75) is 38.8 Å². The molecule has 134 valence electrons. The van der Waals surface area contributed by atoms with E-state index in [0.717, 1.165) is 0 Å². The lowest BCUT2D eigenvalue weighted by atomic mass is 10.0. The molecule has 8 heteroatoms. The highest BCUT2D eigenvalue weighted by molar-refractivity contribution is 9.10. The van der Waals surface area contributed by atoms with Crippen LogP contribution >= 0.6 is 15.9 Å². The van der Waals surface area contributed by atoms with Crippen molar-refractivity contribution in [3.05, 3.63) is 22.2 Å². The Balaban J connectivity index is 3.16. The second-order valence-corrected chi connectivity index (χ2v) is 6.88. The van der Waals surface area contributed by atoms with Crippen molar-refractivity contribution in [1.29, 1.82) is 0 Å². The van der Waals surface area contributed by atoms with Gasteiger partial charge in [-0.2, -0.15) is 0 Å². The minimum atomic E-state index is -1.06. The summed E-state index contributed by atoms with van der Waals surface area (Å²) >= 11 is 3.37. The normalized spacial score (nSPS) is 12.2. The summed E-state index contributed by atoms with van der Waals surface area (Å²) in [5.41, 5.74) is -0.145. The second-order valence-electron chi connectivity index (χ2n) is 6.03. The van der Waals surface area contributed by atoms with E-state index < -0.39 is 23.7 Å². The number of rotatable bonds is 6. The summed E-state index contributed by atoms with van der Waals surface area (Å²) in [5.74, 6) is -0.144. The van der Waals surface area contributed by atoms with E-state index in [0.29, 0.717) is 21.5 Å². The Morgan fingerprint density at radius 1 is 1.21 bits per heavy atom. The number of nitrogens with one attached hydrogen (secondary N) is 1. The molecule has 2 N–H and O–H groups in total. The van der Waals surface area contributed by atoms with Gasteiger partial charge >= 0.3 is 12.1 Å². The molecule has 1 rings (SSSR count). The van der Waals surface area contributed by atoms with Crippen LogP contribution in [-0.2, 0) is 9.53 Å². The molecule has 7 nitrogen and oxygen atoms in total. The van der Waals surface area contributed by atoms with Gasteiger partial charge < -0.3 is 24.6 Å². The highest BCUT2D eigenvalue weighted by Gasteiger charge is 2.25. The number of amides is 1. The lowest BCUT2D eigenvalue weighted by Gasteiger charge is -2.24. The molecule has 0 saturated carbocycles. The van der Waals surface area contributed by atoms with Gasteiger partial charge in [-0.25, -0.2) is 4.79 Å². The number of aliphatic carboxylic acids is 1. The Kier molecular flexibility index (Phi) is 6.89. The lowest BCUT2D eigenvalue weighted by Crippen LogP contribution is -2.36. The van der Waals surface area contributed by atoms with Gasteiger partial charge in [0.2, 0.25) is 0 Å². The van der Waals surface area contributed by atoms with E-state index >= 15 is 0 Å². The Hall–Kier alpha value is -1.96. The maximum absolute atomic E-state index is 12.0. The fourth-order valence-corrected chi connectivity index (χ4v) is 2.60. The first-order chi connectivity index (χ1) is 11.1. The number of halogens is 1. The molecule has 24 heavy (non-hydrogen) atoms. The predicted molar refractivity (Wildman–Crippen MR) is 91.6 cm³/mol. The van der Waals surface area contributed by atoms with E-state index in [1.165, 1.54) is 14.2 Å². The van der Waals surface area contributed by atoms with E-state index in [4.69, 9.17) is 19.3 Å². The average Bonchev–Trinajstić information content (AvgIpc) is 2.43. The summed E-state index contributed by atoms with van der Waals surface area (Å²) in [6.45, 7) is 5.18. The minimum absolute atomic E-state index is 0.312. The standard InChI is InChI=1S/C16H22BrNO6/c1-16(2,3)24-15(21)18-11(8-14(19)20)9-6-12(22-4)13(23-5)7-10(9)17/h6-7,11H,8H2,1-5H3,(H,18,21)(H,19,20)/t11-/m1/s1. The third-order valence-corrected chi connectivity index (χ3v) is 3.63. The van der Waals surface area contributed by atoms with Gasteiger partial charge in [0.05, 0.1) is 26.7 Å². The lowest BCUT2D eigenvalue weighted by molar-refractivity contribution is -0.137. The Morgan fingerprint density at radius 2 is 1.75 bits per heavy atom. The maximum atomic E-state index is 12.0. The van der Waals surface area contributed by atoms with Gasteiger partial charge in [0.25, 0.3) is 0 Å². The van der Waals surface area contributed by atoms with Crippen LogP contribution in [0, 0.1) is 0 Å². The maximum Gasteiger partial charge on any atom is 0.408 e. The summed E-state index contributed by atoms with van der Waals surface area (Å²) < 4.78 is 16.2. The monoisotopic (exact) mass is 403 g/mol. The van der Waals surface area contributed by atoms with Crippen LogP contribution in [0.25, 0.3) is 0 Å². The highest BCUT2D eigenvalue weighted by Crippen LogP contribution is 2.37. The number of hydrogen-bond donors (Lipinski definition) is 2. The Labute approximate surface area is 149 Å². The molecule has 0 heterocycles. The largest absolute Gasteiger partial charge is 0.493 e. The molecule has 1 aromatic rings. The summed E-state index contributed by atoms with van der Waals surface area (Å²) in [6, 6.07) is 2.47. The van der Waals surface area contributed by atoms with Crippen LogP contribution in [0.3, 0.4) is 0 Å². The number of carbonyl (C=O) groups excluding carboxylic acids is 1. The number of hydrogen-bond acceptors (Lipinski definition) is 5. The van der Waals surface area contributed by atoms with Crippen molar-refractivity contribution >= 4 is 28.0 Å². The van der Waals surface area contributed by atoms with Gasteiger partial charge in [-0.3, -0.25) is 4.79 Å². The van der Waals surface area contributed by atoms with Crippen LogP contribution in [0.4, 0.5) is 4.79 Å². The fraction of sp³-hybridized carbons (Fsp3) is 0.500. The molecular formula is C16H22BrNO6. The molecule has 0 aliphatic carbocycles. The number of carbonyl (C=O) groups is 2. The van der Waals surface area contributed by atoms with Crippen molar-refractivity contribution in [3.8, 4) is 11.5 Å². The van der Waals surface area contributed by atoms with Crippen LogP contribution in [0.5, 0.6) is 11.5 Å². The number of methoxy groups -OCH3 is 2. The zero-order valence-electron chi connectivity index (χ0n) is 14.3. The van der Waals surface area contributed by atoms with Crippen LogP contribution in [0.15, 0.2) is 16.6 Å². The number of benzene rings is 1. The highest BCUT2D eigenvalue weighted by atomic mass is 79.9. The number of carboxylic acid groups (broad SMARTS) is 1. The number of carboxylic acids is 1. The van der Waals surface area contributed by atoms with Gasteiger partial charge in [0.1, 0.15) is 5.60 Å². The molecule has 0 radical (unpaired) electrons. The molecule has 0 aliphatic heterocycles. The van der Waals surface area contributed by atoms with E-state index in [1.807, 2.05) is 0 Å². The van der Waals surface area contributed by atoms with Crippen LogP contribution in [-0.4, -0.2) is 37.0 Å². The summed E-state index contributed by atoms with van der Waals surface area (Å²) in [7, 11) is 2.97. The molecule has 1 aromatic carbocycles. The first kappa shape index (κ1) is 20.1. The Bertz CT molecular complexity index is 611. The van der Waals surface area contributed by atoms with E-state index in [9.17, 15) is 9.59 Å². The zero-order chi connectivity index (χ0) is 18.5. The van der Waals surface area contributed by atoms with Crippen LogP contribution in [0.2, 0.25) is 0 Å². The van der Waals surface area contributed by atoms with Crippen LogP contribution < -0.4 is 14.8 Å². The average molecular weight is 404 g/mol. The zero-order valence-corrected chi connectivity index (χ0v) is 15.9. The molecule has 1 amide bonds. The van der Waals surface area contributed by atoms with Gasteiger partial charge in [-0.15, -0.1) is 0 Å².